The Hall–Kier alpha value is -3.22. The molecule has 3 amide bonds. The number of rotatable bonds is 5. The minimum Gasteiger partial charge on any atom is -0.347 e. The molecular weight excluding hydrogens is 361 g/mol. The zero-order valence-corrected chi connectivity index (χ0v) is 15.8. The first kappa shape index (κ1) is 19.5. The largest absolute Gasteiger partial charge is 0.347 e. The summed E-state index contributed by atoms with van der Waals surface area (Å²) in [6, 6.07) is 11.5. The van der Waals surface area contributed by atoms with E-state index in [0.29, 0.717) is 5.69 Å². The Balaban J connectivity index is 1.55. The lowest BCUT2D eigenvalue weighted by Gasteiger charge is -2.17. The molecule has 1 aliphatic heterocycles. The quantitative estimate of drug-likeness (QED) is 0.833. The van der Waals surface area contributed by atoms with Gasteiger partial charge < -0.3 is 15.5 Å². The van der Waals surface area contributed by atoms with E-state index < -0.39 is 17.6 Å². The van der Waals surface area contributed by atoms with E-state index in [1.807, 2.05) is 26.0 Å². The van der Waals surface area contributed by atoms with E-state index in [-0.39, 0.29) is 37.0 Å². The van der Waals surface area contributed by atoms with Crippen molar-refractivity contribution in [1.82, 2.24) is 5.32 Å². The van der Waals surface area contributed by atoms with Crippen molar-refractivity contribution in [2.45, 2.75) is 20.3 Å². The summed E-state index contributed by atoms with van der Waals surface area (Å²) in [4.78, 5) is 38.0. The molecule has 6 nitrogen and oxygen atoms in total. The summed E-state index contributed by atoms with van der Waals surface area (Å²) in [5.41, 5.74) is 2.88. The molecule has 1 atom stereocenters. The van der Waals surface area contributed by atoms with Crippen LogP contribution in [0.1, 0.15) is 17.5 Å². The molecule has 1 unspecified atom stereocenters. The number of halogens is 1. The van der Waals surface area contributed by atoms with E-state index in [2.05, 4.69) is 10.6 Å². The second kappa shape index (κ2) is 8.21. The molecule has 0 aliphatic carbocycles. The second-order valence-electron chi connectivity index (χ2n) is 6.87. The zero-order chi connectivity index (χ0) is 20.3. The van der Waals surface area contributed by atoms with Gasteiger partial charge in [0.25, 0.3) is 0 Å². The average Bonchev–Trinajstić information content (AvgIpc) is 3.05. The molecule has 3 rings (SSSR count). The molecule has 146 valence electrons. The van der Waals surface area contributed by atoms with Crippen molar-refractivity contribution in [3.63, 3.8) is 0 Å². The van der Waals surface area contributed by atoms with E-state index in [4.69, 9.17) is 0 Å². The van der Waals surface area contributed by atoms with Crippen molar-refractivity contribution < 1.29 is 18.8 Å². The molecule has 1 heterocycles. The predicted molar refractivity (Wildman–Crippen MR) is 104 cm³/mol. The maximum absolute atomic E-state index is 13.9. The van der Waals surface area contributed by atoms with Gasteiger partial charge in [0.2, 0.25) is 17.7 Å². The van der Waals surface area contributed by atoms with Crippen LogP contribution < -0.4 is 15.5 Å². The van der Waals surface area contributed by atoms with E-state index in [1.54, 1.807) is 12.1 Å². The third kappa shape index (κ3) is 4.19. The van der Waals surface area contributed by atoms with Crippen LogP contribution in [0.5, 0.6) is 0 Å². The number of nitrogens with zero attached hydrogens (tertiary/aromatic N) is 1. The van der Waals surface area contributed by atoms with E-state index in [1.165, 1.54) is 23.1 Å². The first-order valence-corrected chi connectivity index (χ1v) is 9.05. The molecule has 0 spiro atoms. The molecule has 0 aromatic heterocycles. The normalized spacial score (nSPS) is 16.2. The topological polar surface area (TPSA) is 78.5 Å². The molecule has 1 fully saturated rings. The highest BCUT2D eigenvalue weighted by molar-refractivity contribution is 6.01. The number of para-hydroxylation sites is 1. The molecule has 0 radical (unpaired) electrons. The maximum Gasteiger partial charge on any atom is 0.243 e. The van der Waals surface area contributed by atoms with Gasteiger partial charge in [-0.15, -0.1) is 0 Å². The third-order valence-corrected chi connectivity index (χ3v) is 4.94. The third-order valence-electron chi connectivity index (χ3n) is 4.94. The first-order valence-electron chi connectivity index (χ1n) is 9.05. The van der Waals surface area contributed by atoms with E-state index in [0.717, 1.165) is 11.1 Å². The number of aryl methyl sites for hydroxylation is 1. The summed E-state index contributed by atoms with van der Waals surface area (Å²) in [5.74, 6) is -2.20. The Morgan fingerprint density at radius 1 is 1.14 bits per heavy atom. The van der Waals surface area contributed by atoms with Gasteiger partial charge >= 0.3 is 0 Å². The molecule has 1 aliphatic rings. The number of carbonyl (C=O) groups is 3. The molecule has 2 aromatic carbocycles. The van der Waals surface area contributed by atoms with Crippen LogP contribution in [-0.4, -0.2) is 30.8 Å². The van der Waals surface area contributed by atoms with Gasteiger partial charge in [0.05, 0.1) is 18.2 Å². The fraction of sp³-hybridized carbons (Fsp3) is 0.286. The minimum atomic E-state index is -0.624. The molecule has 7 heteroatoms. The second-order valence-corrected chi connectivity index (χ2v) is 6.87. The van der Waals surface area contributed by atoms with Crippen LogP contribution in [0, 0.1) is 25.6 Å². The highest BCUT2D eigenvalue weighted by Gasteiger charge is 2.36. The predicted octanol–water partition coefficient (Wildman–Crippen LogP) is 2.55. The minimum absolute atomic E-state index is 0.0151. The van der Waals surface area contributed by atoms with Gasteiger partial charge in [-0.1, -0.05) is 24.3 Å². The van der Waals surface area contributed by atoms with Gasteiger partial charge in [0, 0.05) is 18.7 Å². The number of hydrogen-bond donors (Lipinski definition) is 2. The lowest BCUT2D eigenvalue weighted by molar-refractivity contribution is -0.127. The van der Waals surface area contributed by atoms with Gasteiger partial charge in [0.15, 0.2) is 0 Å². The summed E-state index contributed by atoms with van der Waals surface area (Å²) in [6.45, 7) is 3.75. The Labute approximate surface area is 162 Å². The fourth-order valence-electron chi connectivity index (χ4n) is 3.18. The van der Waals surface area contributed by atoms with Gasteiger partial charge in [-0.3, -0.25) is 14.4 Å². The Bertz CT molecular complexity index is 929. The summed E-state index contributed by atoms with van der Waals surface area (Å²) < 4.78 is 13.9. The van der Waals surface area contributed by atoms with Crippen molar-refractivity contribution in [2.75, 3.05) is 23.3 Å². The maximum atomic E-state index is 13.9. The zero-order valence-electron chi connectivity index (χ0n) is 15.8. The SMILES string of the molecule is Cc1cccc(NC(=O)CNC(=O)C2CC(=O)N(c3ccccc3F)C2)c1C. The van der Waals surface area contributed by atoms with E-state index in [9.17, 15) is 18.8 Å². The van der Waals surface area contributed by atoms with Crippen molar-refractivity contribution in [2.24, 2.45) is 5.92 Å². The standard InChI is InChI=1S/C21H22FN3O3/c1-13-6-5-8-17(14(13)2)24-19(26)11-23-21(28)15-10-20(27)25(12-15)18-9-4-3-7-16(18)22/h3-9,15H,10-12H2,1-2H3,(H,23,28)(H,24,26). The summed E-state index contributed by atoms with van der Waals surface area (Å²) in [5, 5.41) is 5.33. The van der Waals surface area contributed by atoms with Gasteiger partial charge in [-0.25, -0.2) is 4.39 Å². The van der Waals surface area contributed by atoms with Crippen LogP contribution in [0.4, 0.5) is 15.8 Å². The number of amides is 3. The molecule has 0 saturated carbocycles. The highest BCUT2D eigenvalue weighted by atomic mass is 19.1. The lowest BCUT2D eigenvalue weighted by atomic mass is 10.1. The molecule has 2 aromatic rings. The number of hydrogen-bond acceptors (Lipinski definition) is 3. The fourth-order valence-corrected chi connectivity index (χ4v) is 3.18. The van der Waals surface area contributed by atoms with Crippen LogP contribution in [0.15, 0.2) is 42.5 Å². The lowest BCUT2D eigenvalue weighted by Crippen LogP contribution is -2.38. The van der Waals surface area contributed by atoms with Gasteiger partial charge in [-0.05, 0) is 43.2 Å². The molecule has 2 N–H and O–H groups in total. The molecule has 0 bridgehead atoms. The van der Waals surface area contributed by atoms with Crippen LogP contribution in [0.3, 0.4) is 0 Å². The van der Waals surface area contributed by atoms with Crippen LogP contribution >= 0.6 is 0 Å². The van der Waals surface area contributed by atoms with Gasteiger partial charge in [-0.2, -0.15) is 0 Å². The van der Waals surface area contributed by atoms with Crippen LogP contribution in [0.25, 0.3) is 0 Å². The molecule has 1 saturated heterocycles. The summed E-state index contributed by atoms with van der Waals surface area (Å²) in [7, 11) is 0. The monoisotopic (exact) mass is 383 g/mol. The van der Waals surface area contributed by atoms with Crippen molar-refractivity contribution in [1.29, 1.82) is 0 Å². The highest BCUT2D eigenvalue weighted by Crippen LogP contribution is 2.27. The number of nitrogens with one attached hydrogen (secondary N) is 2. The van der Waals surface area contributed by atoms with E-state index >= 15 is 0 Å². The molecule has 28 heavy (non-hydrogen) atoms. The van der Waals surface area contributed by atoms with Crippen molar-refractivity contribution >= 4 is 29.1 Å². The van der Waals surface area contributed by atoms with Crippen molar-refractivity contribution in [3.05, 3.63) is 59.4 Å². The average molecular weight is 383 g/mol. The summed E-state index contributed by atoms with van der Waals surface area (Å²) >= 11 is 0. The van der Waals surface area contributed by atoms with Gasteiger partial charge in [0.1, 0.15) is 5.82 Å². The number of anilines is 2. The Morgan fingerprint density at radius 3 is 2.64 bits per heavy atom. The van der Waals surface area contributed by atoms with Crippen LogP contribution in [0.2, 0.25) is 0 Å². The Kier molecular flexibility index (Phi) is 5.73. The molecular formula is C21H22FN3O3. The number of benzene rings is 2. The Morgan fingerprint density at radius 2 is 1.89 bits per heavy atom. The van der Waals surface area contributed by atoms with Crippen molar-refractivity contribution in [3.8, 4) is 0 Å². The first-order chi connectivity index (χ1) is 13.4. The summed E-state index contributed by atoms with van der Waals surface area (Å²) in [6.07, 6.45) is -0.0151. The smallest absolute Gasteiger partial charge is 0.243 e. The number of carbonyl (C=O) groups excluding carboxylic acids is 3. The van der Waals surface area contributed by atoms with Crippen LogP contribution in [-0.2, 0) is 14.4 Å².